The summed E-state index contributed by atoms with van der Waals surface area (Å²) in [7, 11) is 0. The highest BCUT2D eigenvalue weighted by molar-refractivity contribution is 6.05. The van der Waals surface area contributed by atoms with Gasteiger partial charge in [0, 0.05) is 18.7 Å². The van der Waals surface area contributed by atoms with Crippen molar-refractivity contribution in [2.45, 2.75) is 45.8 Å². The average Bonchev–Trinajstić information content (AvgIpc) is 3.35. The summed E-state index contributed by atoms with van der Waals surface area (Å²) in [4.78, 5) is 39.8. The molecule has 0 aliphatic carbocycles. The number of hydrogen-bond donors (Lipinski definition) is 1. The van der Waals surface area contributed by atoms with Gasteiger partial charge in [-0.25, -0.2) is 0 Å². The Balaban J connectivity index is 1.49. The molecule has 2 amide bonds. The number of hydrogen-bond acceptors (Lipinski definition) is 6. The SMILES string of the molecule is Cc1cccc(C)c1OCC(=O)c1ccc2c(c1)N([C@H](C)C(=O)NC[C@@H]1CCCO1)C(=O)CO2. The van der Waals surface area contributed by atoms with Crippen molar-refractivity contribution in [3.63, 3.8) is 0 Å². The minimum Gasteiger partial charge on any atom is -0.485 e. The summed E-state index contributed by atoms with van der Waals surface area (Å²) in [5.41, 5.74) is 2.67. The summed E-state index contributed by atoms with van der Waals surface area (Å²) in [6.45, 7) is 6.32. The Morgan fingerprint density at radius 2 is 1.97 bits per heavy atom. The standard InChI is InChI=1S/C26H30N2O6/c1-16-6-4-7-17(2)25(16)34-14-22(29)19-9-10-23-21(12-19)28(24(30)15-33-23)18(3)26(31)27-13-20-8-5-11-32-20/h4,6-7,9-10,12,18,20H,5,8,11,13-15H2,1-3H3,(H,27,31)/t18-,20+/m1/s1. The lowest BCUT2D eigenvalue weighted by Crippen LogP contribution is -2.52. The third-order valence-electron chi connectivity index (χ3n) is 6.21. The summed E-state index contributed by atoms with van der Waals surface area (Å²) in [6, 6.07) is 9.91. The van der Waals surface area contributed by atoms with Crippen molar-refractivity contribution in [2.75, 3.05) is 31.3 Å². The van der Waals surface area contributed by atoms with Crippen molar-refractivity contribution in [3.05, 3.63) is 53.1 Å². The maximum Gasteiger partial charge on any atom is 0.265 e. The van der Waals surface area contributed by atoms with Crippen LogP contribution in [0.4, 0.5) is 5.69 Å². The molecule has 2 aliphatic heterocycles. The van der Waals surface area contributed by atoms with E-state index in [1.54, 1.807) is 25.1 Å². The van der Waals surface area contributed by atoms with Gasteiger partial charge in [-0.1, -0.05) is 18.2 Å². The molecule has 34 heavy (non-hydrogen) atoms. The molecule has 4 rings (SSSR count). The second-order valence-electron chi connectivity index (χ2n) is 8.72. The van der Waals surface area contributed by atoms with Crippen LogP contribution in [0.25, 0.3) is 0 Å². The van der Waals surface area contributed by atoms with Crippen LogP contribution in [-0.2, 0) is 14.3 Å². The first kappa shape index (κ1) is 23.8. The molecule has 1 saturated heterocycles. The van der Waals surface area contributed by atoms with Gasteiger partial charge in [-0.2, -0.15) is 0 Å². The lowest BCUT2D eigenvalue weighted by atomic mass is 10.1. The first-order valence-corrected chi connectivity index (χ1v) is 11.6. The van der Waals surface area contributed by atoms with Crippen molar-refractivity contribution >= 4 is 23.3 Å². The van der Waals surface area contributed by atoms with E-state index in [1.165, 1.54) is 4.90 Å². The second-order valence-corrected chi connectivity index (χ2v) is 8.72. The molecular weight excluding hydrogens is 436 g/mol. The van der Waals surface area contributed by atoms with Crippen molar-refractivity contribution in [3.8, 4) is 11.5 Å². The molecule has 180 valence electrons. The molecule has 2 aromatic rings. The summed E-state index contributed by atoms with van der Waals surface area (Å²) in [6.07, 6.45) is 1.89. The normalized spacial score (nSPS) is 18.1. The number of ketones is 1. The summed E-state index contributed by atoms with van der Waals surface area (Å²) < 4.78 is 16.9. The van der Waals surface area contributed by atoms with E-state index < -0.39 is 6.04 Å². The third kappa shape index (κ3) is 5.07. The zero-order chi connectivity index (χ0) is 24.2. The Morgan fingerprint density at radius 1 is 1.21 bits per heavy atom. The van der Waals surface area contributed by atoms with Gasteiger partial charge in [-0.15, -0.1) is 0 Å². The van der Waals surface area contributed by atoms with Crippen LogP contribution in [0.2, 0.25) is 0 Å². The topological polar surface area (TPSA) is 94.2 Å². The fourth-order valence-electron chi connectivity index (χ4n) is 4.30. The van der Waals surface area contributed by atoms with E-state index in [2.05, 4.69) is 5.32 Å². The monoisotopic (exact) mass is 466 g/mol. The van der Waals surface area contributed by atoms with E-state index in [1.807, 2.05) is 32.0 Å². The van der Waals surface area contributed by atoms with Gasteiger partial charge in [0.25, 0.3) is 5.91 Å². The van der Waals surface area contributed by atoms with Gasteiger partial charge in [0.2, 0.25) is 5.91 Å². The second kappa shape index (κ2) is 10.3. The predicted molar refractivity (Wildman–Crippen MR) is 127 cm³/mol. The number of Topliss-reactive ketones (excluding diaryl/α,β-unsaturated/α-hetero) is 1. The number of carbonyl (C=O) groups is 3. The number of nitrogens with one attached hydrogen (secondary N) is 1. The maximum atomic E-state index is 12.9. The highest BCUT2D eigenvalue weighted by atomic mass is 16.5. The van der Waals surface area contributed by atoms with E-state index in [0.717, 1.165) is 24.0 Å². The first-order chi connectivity index (χ1) is 16.3. The molecule has 2 aliphatic rings. The Labute approximate surface area is 199 Å². The third-order valence-corrected chi connectivity index (χ3v) is 6.21. The Bertz CT molecular complexity index is 1070. The van der Waals surface area contributed by atoms with Gasteiger partial charge in [0.15, 0.2) is 19.0 Å². The van der Waals surface area contributed by atoms with Crippen LogP contribution in [0.1, 0.15) is 41.3 Å². The number of nitrogens with zero attached hydrogens (tertiary/aromatic N) is 1. The smallest absolute Gasteiger partial charge is 0.265 e. The number of aryl methyl sites for hydroxylation is 2. The van der Waals surface area contributed by atoms with Crippen molar-refractivity contribution in [2.24, 2.45) is 0 Å². The van der Waals surface area contributed by atoms with Gasteiger partial charge in [0.05, 0.1) is 11.8 Å². The number of carbonyl (C=O) groups excluding carboxylic acids is 3. The maximum absolute atomic E-state index is 12.9. The molecule has 2 aromatic carbocycles. The molecule has 0 bridgehead atoms. The molecule has 0 unspecified atom stereocenters. The highest BCUT2D eigenvalue weighted by Gasteiger charge is 2.34. The molecule has 2 atom stereocenters. The number of anilines is 1. The zero-order valence-corrected chi connectivity index (χ0v) is 19.8. The lowest BCUT2D eigenvalue weighted by molar-refractivity contribution is -0.127. The number of fused-ring (bicyclic) bond motifs is 1. The number of benzene rings is 2. The lowest BCUT2D eigenvalue weighted by Gasteiger charge is -2.33. The summed E-state index contributed by atoms with van der Waals surface area (Å²) in [5, 5.41) is 2.87. The van der Waals surface area contributed by atoms with Crippen molar-refractivity contribution < 1.29 is 28.6 Å². The van der Waals surface area contributed by atoms with Crippen LogP contribution in [0.15, 0.2) is 36.4 Å². The Morgan fingerprint density at radius 3 is 2.68 bits per heavy atom. The van der Waals surface area contributed by atoms with Crippen LogP contribution < -0.4 is 19.7 Å². The number of ether oxygens (including phenoxy) is 3. The van der Waals surface area contributed by atoms with Crippen molar-refractivity contribution in [1.29, 1.82) is 0 Å². The Hall–Kier alpha value is -3.39. The minimum absolute atomic E-state index is 0.00457. The molecule has 8 nitrogen and oxygen atoms in total. The fourth-order valence-corrected chi connectivity index (χ4v) is 4.30. The van der Waals surface area contributed by atoms with Crippen LogP contribution in [0.3, 0.4) is 0 Å². The molecule has 8 heteroatoms. The number of para-hydroxylation sites is 1. The van der Waals surface area contributed by atoms with Gasteiger partial charge in [-0.05, 0) is 62.9 Å². The quantitative estimate of drug-likeness (QED) is 0.601. The molecule has 1 fully saturated rings. The van der Waals surface area contributed by atoms with E-state index in [-0.39, 0.29) is 36.9 Å². The fraction of sp³-hybridized carbons (Fsp3) is 0.423. The van der Waals surface area contributed by atoms with Crippen LogP contribution in [0, 0.1) is 13.8 Å². The molecule has 1 N–H and O–H groups in total. The van der Waals surface area contributed by atoms with E-state index in [4.69, 9.17) is 14.2 Å². The largest absolute Gasteiger partial charge is 0.485 e. The van der Waals surface area contributed by atoms with E-state index in [0.29, 0.717) is 35.9 Å². The van der Waals surface area contributed by atoms with Gasteiger partial charge in [-0.3, -0.25) is 19.3 Å². The molecule has 0 saturated carbocycles. The van der Waals surface area contributed by atoms with Gasteiger partial charge < -0.3 is 19.5 Å². The molecule has 0 spiro atoms. The van der Waals surface area contributed by atoms with Crippen LogP contribution >= 0.6 is 0 Å². The van der Waals surface area contributed by atoms with E-state index >= 15 is 0 Å². The van der Waals surface area contributed by atoms with Crippen LogP contribution in [0.5, 0.6) is 11.5 Å². The predicted octanol–water partition coefficient (Wildman–Crippen LogP) is 2.97. The molecule has 0 aromatic heterocycles. The first-order valence-electron chi connectivity index (χ1n) is 11.6. The molecular formula is C26H30N2O6. The highest BCUT2D eigenvalue weighted by Crippen LogP contribution is 2.34. The Kier molecular flexibility index (Phi) is 7.17. The van der Waals surface area contributed by atoms with Gasteiger partial charge in [0.1, 0.15) is 17.5 Å². The minimum atomic E-state index is -0.771. The number of rotatable bonds is 8. The summed E-state index contributed by atoms with van der Waals surface area (Å²) >= 11 is 0. The number of amides is 2. The average molecular weight is 467 g/mol. The molecule has 2 heterocycles. The summed E-state index contributed by atoms with van der Waals surface area (Å²) in [5.74, 6) is 0.269. The molecule has 0 radical (unpaired) electrons. The van der Waals surface area contributed by atoms with Gasteiger partial charge >= 0.3 is 0 Å². The van der Waals surface area contributed by atoms with E-state index in [9.17, 15) is 14.4 Å². The van der Waals surface area contributed by atoms with Crippen molar-refractivity contribution in [1.82, 2.24) is 5.32 Å². The van der Waals surface area contributed by atoms with Crippen LogP contribution in [-0.4, -0.2) is 56.1 Å². The zero-order valence-electron chi connectivity index (χ0n) is 19.8.